The van der Waals surface area contributed by atoms with Gasteiger partial charge in [-0.1, -0.05) is 12.2 Å². The summed E-state index contributed by atoms with van der Waals surface area (Å²) in [5, 5.41) is 17.4. The van der Waals surface area contributed by atoms with E-state index in [0.29, 0.717) is 11.5 Å². The number of fused-ring (bicyclic) bond motifs is 2. The van der Waals surface area contributed by atoms with Crippen LogP contribution in [0.3, 0.4) is 0 Å². The van der Waals surface area contributed by atoms with Crippen molar-refractivity contribution < 1.29 is 14.2 Å². The third-order valence-corrected chi connectivity index (χ3v) is 6.19. The number of guanidine groups is 1. The van der Waals surface area contributed by atoms with Crippen molar-refractivity contribution in [3.05, 3.63) is 72.0 Å². The number of nitrogens with one attached hydrogen (secondary N) is 2. The first kappa shape index (κ1) is 19.8. The molecule has 0 saturated heterocycles. The quantitative estimate of drug-likeness (QED) is 0.695. The van der Waals surface area contributed by atoms with Crippen LogP contribution in [0.25, 0.3) is 10.9 Å². The smallest absolute Gasteiger partial charge is 0.201 e. The predicted molar refractivity (Wildman–Crippen MR) is 119 cm³/mol. The molecule has 1 aliphatic heterocycles. The molecular formula is C24H25FN4O2. The number of aromatic nitrogens is 1. The molecule has 0 bridgehead atoms. The van der Waals surface area contributed by atoms with Crippen LogP contribution in [0, 0.1) is 5.82 Å². The van der Waals surface area contributed by atoms with Gasteiger partial charge in [0.15, 0.2) is 0 Å². The lowest BCUT2D eigenvalue weighted by Gasteiger charge is -2.40. The van der Waals surface area contributed by atoms with Crippen molar-refractivity contribution in [1.82, 2.24) is 10.3 Å². The van der Waals surface area contributed by atoms with Crippen molar-refractivity contribution in [2.45, 2.75) is 50.4 Å². The van der Waals surface area contributed by atoms with Crippen LogP contribution in [0.15, 0.2) is 71.2 Å². The average Bonchev–Trinajstić information content (AvgIpc) is 2.75. The van der Waals surface area contributed by atoms with Gasteiger partial charge in [-0.3, -0.25) is 4.98 Å². The molecule has 0 amide bonds. The van der Waals surface area contributed by atoms with Crippen molar-refractivity contribution >= 4 is 22.5 Å². The molecule has 6 nitrogen and oxygen atoms in total. The molecule has 1 saturated carbocycles. The first-order valence-electron chi connectivity index (χ1n) is 10.6. The highest BCUT2D eigenvalue weighted by molar-refractivity contribution is 6.03. The monoisotopic (exact) mass is 420 g/mol. The average molecular weight is 420 g/mol. The number of ether oxygens (including phenoxy) is 1. The SMILES string of the molecule is CC12NC(Nc3ccnc4cc(F)ccc34)=NC=C1C=CC=C2O[C@H]1CC[C@@H](O)CC1. The van der Waals surface area contributed by atoms with E-state index >= 15 is 0 Å². The van der Waals surface area contributed by atoms with Crippen LogP contribution in [0.1, 0.15) is 32.6 Å². The summed E-state index contributed by atoms with van der Waals surface area (Å²) in [7, 11) is 0. The Kier molecular flexibility index (Phi) is 4.98. The zero-order chi connectivity index (χ0) is 21.4. The number of rotatable bonds is 3. The molecule has 160 valence electrons. The Hall–Kier alpha value is -3.19. The van der Waals surface area contributed by atoms with E-state index in [1.165, 1.54) is 12.1 Å². The van der Waals surface area contributed by atoms with Crippen LogP contribution in [-0.4, -0.2) is 33.8 Å². The topological polar surface area (TPSA) is 78.8 Å². The molecule has 2 aromatic rings. The summed E-state index contributed by atoms with van der Waals surface area (Å²) in [5.41, 5.74) is 1.81. The number of anilines is 1. The Morgan fingerprint density at radius 1 is 1.23 bits per heavy atom. The summed E-state index contributed by atoms with van der Waals surface area (Å²) in [6.45, 7) is 2.07. The first-order chi connectivity index (χ1) is 15.0. The molecule has 3 aliphatic rings. The maximum atomic E-state index is 13.6. The molecule has 1 fully saturated rings. The summed E-state index contributed by atoms with van der Waals surface area (Å²) < 4.78 is 20.0. The van der Waals surface area contributed by atoms with E-state index in [-0.39, 0.29) is 18.0 Å². The van der Waals surface area contributed by atoms with Crippen molar-refractivity contribution in [1.29, 1.82) is 0 Å². The number of halogens is 1. The van der Waals surface area contributed by atoms with E-state index in [1.807, 2.05) is 30.5 Å². The molecule has 7 heteroatoms. The second-order valence-corrected chi connectivity index (χ2v) is 8.40. The minimum absolute atomic E-state index is 0.0929. The maximum absolute atomic E-state index is 13.6. The van der Waals surface area contributed by atoms with E-state index in [0.717, 1.165) is 48.1 Å². The van der Waals surface area contributed by atoms with Gasteiger partial charge in [-0.15, -0.1) is 0 Å². The van der Waals surface area contributed by atoms with Crippen LogP contribution in [-0.2, 0) is 4.74 Å². The van der Waals surface area contributed by atoms with Gasteiger partial charge in [0.1, 0.15) is 17.1 Å². The number of aliphatic hydroxyl groups is 1. The van der Waals surface area contributed by atoms with E-state index < -0.39 is 5.54 Å². The van der Waals surface area contributed by atoms with Crippen molar-refractivity contribution in [3.63, 3.8) is 0 Å². The number of nitrogens with zero attached hydrogens (tertiary/aromatic N) is 2. The van der Waals surface area contributed by atoms with Gasteiger partial charge in [0.25, 0.3) is 0 Å². The Balaban J connectivity index is 1.38. The molecule has 1 aromatic heterocycles. The van der Waals surface area contributed by atoms with Gasteiger partial charge < -0.3 is 20.5 Å². The number of allylic oxidation sites excluding steroid dienone is 2. The predicted octanol–water partition coefficient (Wildman–Crippen LogP) is 4.16. The fourth-order valence-corrected chi connectivity index (χ4v) is 4.34. The minimum Gasteiger partial charge on any atom is -0.492 e. The van der Waals surface area contributed by atoms with Crippen molar-refractivity contribution in [3.8, 4) is 0 Å². The molecule has 0 radical (unpaired) electrons. The molecule has 5 rings (SSSR count). The van der Waals surface area contributed by atoms with Gasteiger partial charge in [0.05, 0.1) is 23.4 Å². The number of pyridine rings is 1. The molecule has 2 heterocycles. The van der Waals surface area contributed by atoms with E-state index in [2.05, 4.69) is 27.5 Å². The maximum Gasteiger partial charge on any atom is 0.201 e. The molecule has 1 atom stereocenters. The summed E-state index contributed by atoms with van der Waals surface area (Å²) in [4.78, 5) is 8.79. The van der Waals surface area contributed by atoms with Gasteiger partial charge >= 0.3 is 0 Å². The lowest BCUT2D eigenvalue weighted by atomic mass is 9.85. The molecule has 31 heavy (non-hydrogen) atoms. The van der Waals surface area contributed by atoms with Crippen molar-refractivity contribution in [2.75, 3.05) is 5.32 Å². The van der Waals surface area contributed by atoms with Gasteiger partial charge in [-0.2, -0.15) is 0 Å². The standard InChI is InChI=1S/C24H25FN4O2/c1-24-15(3-2-4-22(24)31-18-8-6-17(30)7-9-18)14-27-23(29-24)28-20-11-12-26-21-13-16(25)5-10-19(20)21/h2-5,10-14,17-18,30H,6-9H2,1H3,(H2,26,27,28,29)/t17-,18+,24?. The van der Waals surface area contributed by atoms with Crippen LogP contribution in [0.5, 0.6) is 0 Å². The third kappa shape index (κ3) is 3.81. The lowest BCUT2D eigenvalue weighted by molar-refractivity contribution is 0.0204. The van der Waals surface area contributed by atoms with E-state index in [1.54, 1.807) is 12.3 Å². The highest BCUT2D eigenvalue weighted by Gasteiger charge is 2.39. The minimum atomic E-state index is -0.566. The third-order valence-electron chi connectivity index (χ3n) is 6.19. The van der Waals surface area contributed by atoms with Crippen LogP contribution < -0.4 is 10.6 Å². The second kappa shape index (κ2) is 7.81. The van der Waals surface area contributed by atoms with Crippen LogP contribution in [0.4, 0.5) is 10.1 Å². The summed E-state index contributed by atoms with van der Waals surface area (Å²) in [6.07, 6.45) is 12.6. The molecule has 1 aromatic carbocycles. The van der Waals surface area contributed by atoms with Gasteiger partial charge in [0.2, 0.25) is 5.96 Å². The highest BCUT2D eigenvalue weighted by atomic mass is 19.1. The van der Waals surface area contributed by atoms with Gasteiger partial charge in [-0.25, -0.2) is 9.38 Å². The highest BCUT2D eigenvalue weighted by Crippen LogP contribution is 2.36. The Bertz CT molecular complexity index is 1130. The summed E-state index contributed by atoms with van der Waals surface area (Å²) in [5.74, 6) is 1.09. The lowest BCUT2D eigenvalue weighted by Crippen LogP contribution is -2.54. The largest absolute Gasteiger partial charge is 0.492 e. The summed E-state index contributed by atoms with van der Waals surface area (Å²) in [6, 6.07) is 6.39. The summed E-state index contributed by atoms with van der Waals surface area (Å²) >= 11 is 0. The fourth-order valence-electron chi connectivity index (χ4n) is 4.34. The number of hydrogen-bond donors (Lipinski definition) is 3. The Morgan fingerprint density at radius 3 is 2.90 bits per heavy atom. The fraction of sp³-hybridized carbons (Fsp3) is 0.333. The normalized spacial score (nSPS) is 27.5. The van der Waals surface area contributed by atoms with Crippen LogP contribution >= 0.6 is 0 Å². The zero-order valence-electron chi connectivity index (χ0n) is 17.3. The van der Waals surface area contributed by atoms with Gasteiger partial charge in [0, 0.05) is 29.4 Å². The number of hydrogen-bond acceptors (Lipinski definition) is 6. The molecule has 1 unspecified atom stereocenters. The Labute approximate surface area is 180 Å². The zero-order valence-corrected chi connectivity index (χ0v) is 17.3. The second-order valence-electron chi connectivity index (χ2n) is 8.40. The van der Waals surface area contributed by atoms with E-state index in [4.69, 9.17) is 4.74 Å². The number of benzene rings is 1. The van der Waals surface area contributed by atoms with Crippen LogP contribution in [0.2, 0.25) is 0 Å². The van der Waals surface area contributed by atoms with Crippen molar-refractivity contribution in [2.24, 2.45) is 4.99 Å². The van der Waals surface area contributed by atoms with E-state index in [9.17, 15) is 9.50 Å². The number of aliphatic imine (C=N–C) groups is 1. The molecule has 2 aliphatic carbocycles. The molecule has 3 N–H and O–H groups in total. The molecular weight excluding hydrogens is 395 g/mol. The molecule has 0 spiro atoms. The Morgan fingerprint density at radius 2 is 2.06 bits per heavy atom. The van der Waals surface area contributed by atoms with Gasteiger partial charge in [-0.05, 0) is 56.9 Å². The first-order valence-corrected chi connectivity index (χ1v) is 10.6. The number of aliphatic hydroxyl groups excluding tert-OH is 1.